The molecule has 1 aliphatic heterocycles. The SMILES string of the molecule is CC(C)(C)OC(=O)N1CCC(OCc2noc(-c3ccc(Cl)nc3)n2)CC1. The van der Waals surface area contributed by atoms with Gasteiger partial charge in [0.25, 0.3) is 5.89 Å². The Kier molecular flexibility index (Phi) is 5.96. The molecular formula is C18H23ClN4O4. The highest BCUT2D eigenvalue weighted by atomic mass is 35.5. The number of carbonyl (C=O) groups excluding carboxylic acids is 1. The number of pyridine rings is 1. The summed E-state index contributed by atoms with van der Waals surface area (Å²) in [5.74, 6) is 0.840. The molecule has 0 aliphatic carbocycles. The van der Waals surface area contributed by atoms with Crippen LogP contribution in [0.1, 0.15) is 39.4 Å². The number of rotatable bonds is 4. The Labute approximate surface area is 162 Å². The maximum absolute atomic E-state index is 12.1. The van der Waals surface area contributed by atoms with Crippen molar-refractivity contribution in [3.05, 3.63) is 29.3 Å². The van der Waals surface area contributed by atoms with Gasteiger partial charge < -0.3 is 18.9 Å². The van der Waals surface area contributed by atoms with Gasteiger partial charge in [0.1, 0.15) is 17.4 Å². The summed E-state index contributed by atoms with van der Waals surface area (Å²) >= 11 is 5.77. The van der Waals surface area contributed by atoms with Crippen molar-refractivity contribution in [3.8, 4) is 11.5 Å². The molecule has 0 saturated carbocycles. The third kappa shape index (κ3) is 5.64. The van der Waals surface area contributed by atoms with Crippen LogP contribution in [0.2, 0.25) is 5.15 Å². The average molecular weight is 395 g/mol. The quantitative estimate of drug-likeness (QED) is 0.730. The number of hydrogen-bond donors (Lipinski definition) is 0. The van der Waals surface area contributed by atoms with Crippen molar-refractivity contribution in [3.63, 3.8) is 0 Å². The topological polar surface area (TPSA) is 90.6 Å². The number of nitrogens with zero attached hydrogens (tertiary/aromatic N) is 4. The van der Waals surface area contributed by atoms with Crippen molar-refractivity contribution in [2.45, 2.75) is 51.9 Å². The molecule has 1 aliphatic rings. The van der Waals surface area contributed by atoms with E-state index in [0.717, 1.165) is 12.8 Å². The number of halogens is 1. The second-order valence-electron chi connectivity index (χ2n) is 7.36. The van der Waals surface area contributed by atoms with Crippen LogP contribution in [-0.2, 0) is 16.1 Å². The summed E-state index contributed by atoms with van der Waals surface area (Å²) in [6.07, 6.45) is 2.83. The van der Waals surface area contributed by atoms with Crippen molar-refractivity contribution in [2.75, 3.05) is 13.1 Å². The molecule has 8 nitrogen and oxygen atoms in total. The second-order valence-corrected chi connectivity index (χ2v) is 7.75. The van der Waals surface area contributed by atoms with Crippen LogP contribution in [0, 0.1) is 0 Å². The summed E-state index contributed by atoms with van der Waals surface area (Å²) < 4.78 is 16.5. The highest BCUT2D eigenvalue weighted by Crippen LogP contribution is 2.20. The number of carbonyl (C=O) groups is 1. The smallest absolute Gasteiger partial charge is 0.410 e. The van der Waals surface area contributed by atoms with E-state index in [1.807, 2.05) is 20.8 Å². The third-order valence-electron chi connectivity index (χ3n) is 3.98. The number of aromatic nitrogens is 3. The van der Waals surface area contributed by atoms with Crippen LogP contribution in [0.4, 0.5) is 4.79 Å². The molecule has 0 atom stereocenters. The monoisotopic (exact) mass is 394 g/mol. The highest BCUT2D eigenvalue weighted by Gasteiger charge is 2.27. The van der Waals surface area contributed by atoms with Gasteiger partial charge in [-0.05, 0) is 45.7 Å². The number of amides is 1. The van der Waals surface area contributed by atoms with Crippen LogP contribution < -0.4 is 0 Å². The van der Waals surface area contributed by atoms with Gasteiger partial charge in [-0.3, -0.25) is 0 Å². The maximum Gasteiger partial charge on any atom is 0.410 e. The minimum Gasteiger partial charge on any atom is -0.444 e. The lowest BCUT2D eigenvalue weighted by molar-refractivity contribution is -0.0190. The van der Waals surface area contributed by atoms with Crippen LogP contribution in [0.5, 0.6) is 0 Å². The minimum atomic E-state index is -0.486. The molecule has 3 heterocycles. The fourth-order valence-corrected chi connectivity index (χ4v) is 2.77. The van der Waals surface area contributed by atoms with Gasteiger partial charge >= 0.3 is 6.09 Å². The summed E-state index contributed by atoms with van der Waals surface area (Å²) in [5, 5.41) is 4.33. The van der Waals surface area contributed by atoms with E-state index in [4.69, 9.17) is 25.6 Å². The van der Waals surface area contributed by atoms with Crippen molar-refractivity contribution < 1.29 is 18.8 Å². The van der Waals surface area contributed by atoms with E-state index < -0.39 is 5.60 Å². The van der Waals surface area contributed by atoms with Gasteiger partial charge in [0.2, 0.25) is 0 Å². The van der Waals surface area contributed by atoms with Gasteiger partial charge in [0.05, 0.1) is 11.7 Å². The molecule has 3 rings (SSSR count). The van der Waals surface area contributed by atoms with Gasteiger partial charge in [0.15, 0.2) is 5.82 Å². The molecule has 146 valence electrons. The molecule has 0 bridgehead atoms. The standard InChI is InChI=1S/C18H23ClN4O4/c1-18(2,3)26-17(24)23-8-6-13(7-9-23)25-11-15-21-16(27-22-15)12-4-5-14(19)20-10-12/h4-5,10,13H,6-9,11H2,1-3H3. The Hall–Kier alpha value is -2.19. The Bertz CT molecular complexity index is 764. The summed E-state index contributed by atoms with van der Waals surface area (Å²) in [5.41, 5.74) is 0.212. The van der Waals surface area contributed by atoms with Crippen LogP contribution in [0.25, 0.3) is 11.5 Å². The molecule has 0 radical (unpaired) electrons. The molecule has 2 aromatic heterocycles. The van der Waals surface area contributed by atoms with E-state index >= 15 is 0 Å². The second kappa shape index (κ2) is 8.22. The molecule has 0 N–H and O–H groups in total. The summed E-state index contributed by atoms with van der Waals surface area (Å²) in [6.45, 7) is 7.04. The molecule has 9 heteroatoms. The lowest BCUT2D eigenvalue weighted by Crippen LogP contribution is -2.43. The number of piperidine rings is 1. The van der Waals surface area contributed by atoms with Crippen LogP contribution in [0.3, 0.4) is 0 Å². The van der Waals surface area contributed by atoms with E-state index in [1.165, 1.54) is 0 Å². The average Bonchev–Trinajstić information content (AvgIpc) is 3.08. The zero-order valence-electron chi connectivity index (χ0n) is 15.6. The fourth-order valence-electron chi connectivity index (χ4n) is 2.66. The maximum atomic E-state index is 12.1. The van der Waals surface area contributed by atoms with E-state index in [2.05, 4.69) is 15.1 Å². The molecule has 27 heavy (non-hydrogen) atoms. The first-order valence-corrected chi connectivity index (χ1v) is 9.22. The van der Waals surface area contributed by atoms with Crippen molar-refractivity contribution in [1.29, 1.82) is 0 Å². The molecule has 1 saturated heterocycles. The number of ether oxygens (including phenoxy) is 2. The van der Waals surface area contributed by atoms with E-state index in [1.54, 1.807) is 23.2 Å². The lowest BCUT2D eigenvalue weighted by atomic mass is 10.1. The van der Waals surface area contributed by atoms with Gasteiger partial charge in [0, 0.05) is 19.3 Å². The van der Waals surface area contributed by atoms with E-state index in [0.29, 0.717) is 35.5 Å². The van der Waals surface area contributed by atoms with Gasteiger partial charge in [-0.15, -0.1) is 0 Å². The van der Waals surface area contributed by atoms with Gasteiger partial charge in [-0.25, -0.2) is 9.78 Å². The van der Waals surface area contributed by atoms with Crippen LogP contribution in [-0.4, -0.2) is 50.9 Å². The van der Waals surface area contributed by atoms with Crippen LogP contribution >= 0.6 is 11.6 Å². The van der Waals surface area contributed by atoms with E-state index in [9.17, 15) is 4.79 Å². The Morgan fingerprint density at radius 1 is 1.33 bits per heavy atom. The largest absolute Gasteiger partial charge is 0.444 e. The molecule has 0 unspecified atom stereocenters. The molecule has 1 fully saturated rings. The molecular weight excluding hydrogens is 372 g/mol. The number of hydrogen-bond acceptors (Lipinski definition) is 7. The Morgan fingerprint density at radius 2 is 2.07 bits per heavy atom. The zero-order valence-corrected chi connectivity index (χ0v) is 16.4. The summed E-state index contributed by atoms with van der Waals surface area (Å²) in [6, 6.07) is 3.43. The normalized spacial score (nSPS) is 15.8. The van der Waals surface area contributed by atoms with Gasteiger partial charge in [-0.2, -0.15) is 4.98 Å². The molecule has 1 amide bonds. The molecule has 0 aromatic carbocycles. The predicted octanol–water partition coefficient (Wildman–Crippen LogP) is 3.70. The Balaban J connectivity index is 1.45. The molecule has 0 spiro atoms. The summed E-state index contributed by atoms with van der Waals surface area (Å²) in [7, 11) is 0. The minimum absolute atomic E-state index is 0.0443. The van der Waals surface area contributed by atoms with Crippen LogP contribution in [0.15, 0.2) is 22.9 Å². The lowest BCUT2D eigenvalue weighted by Gasteiger charge is -2.33. The van der Waals surface area contributed by atoms with Crippen molar-refractivity contribution >= 4 is 17.7 Å². The predicted molar refractivity (Wildman–Crippen MR) is 98.2 cm³/mol. The van der Waals surface area contributed by atoms with Crippen molar-refractivity contribution in [2.24, 2.45) is 0 Å². The fraction of sp³-hybridized carbons (Fsp3) is 0.556. The third-order valence-corrected chi connectivity index (χ3v) is 4.21. The molecule has 2 aromatic rings. The summed E-state index contributed by atoms with van der Waals surface area (Å²) in [4.78, 5) is 22.1. The Morgan fingerprint density at radius 3 is 2.70 bits per heavy atom. The van der Waals surface area contributed by atoms with Gasteiger partial charge in [-0.1, -0.05) is 16.8 Å². The number of likely N-dealkylation sites (tertiary alicyclic amines) is 1. The first-order chi connectivity index (χ1) is 12.8. The highest BCUT2D eigenvalue weighted by molar-refractivity contribution is 6.29. The van der Waals surface area contributed by atoms with E-state index in [-0.39, 0.29) is 18.8 Å². The van der Waals surface area contributed by atoms with Crippen molar-refractivity contribution in [1.82, 2.24) is 20.0 Å². The zero-order chi connectivity index (χ0) is 19.4. The first kappa shape index (κ1) is 19.6. The first-order valence-electron chi connectivity index (χ1n) is 8.84.